The number of carbonyl (C=O) groups excluding carboxylic acids is 1. The lowest BCUT2D eigenvalue weighted by molar-refractivity contribution is 0.0928. The van der Waals surface area contributed by atoms with Crippen LogP contribution in [0.25, 0.3) is 0 Å². The van der Waals surface area contributed by atoms with E-state index in [4.69, 9.17) is 4.74 Å². The number of rotatable bonds is 7. The molecule has 0 saturated carbocycles. The molecule has 0 fully saturated rings. The Morgan fingerprint density at radius 2 is 1.90 bits per heavy atom. The minimum Gasteiger partial charge on any atom is -0.494 e. The van der Waals surface area contributed by atoms with Gasteiger partial charge >= 0.3 is 0 Å². The number of thiophene rings is 1. The molecule has 3 aromatic rings. The third-order valence-electron chi connectivity index (χ3n) is 5.36. The summed E-state index contributed by atoms with van der Waals surface area (Å²) in [5.74, 6) is 0.736. The van der Waals surface area contributed by atoms with Crippen molar-refractivity contribution in [3.8, 4) is 5.75 Å². The van der Waals surface area contributed by atoms with Crippen LogP contribution in [0.15, 0.2) is 66.0 Å². The van der Waals surface area contributed by atoms with Crippen LogP contribution in [-0.4, -0.2) is 30.5 Å². The normalized spacial score (nSPS) is 14.8. The van der Waals surface area contributed by atoms with Gasteiger partial charge in [0.25, 0.3) is 5.91 Å². The van der Waals surface area contributed by atoms with Crippen molar-refractivity contribution in [2.45, 2.75) is 25.9 Å². The summed E-state index contributed by atoms with van der Waals surface area (Å²) in [6.45, 7) is 5.07. The molecule has 2 heterocycles. The number of benzene rings is 2. The number of hydrogen-bond donors (Lipinski definition) is 1. The average Bonchev–Trinajstić information content (AvgIpc) is 3.29. The largest absolute Gasteiger partial charge is 0.494 e. The zero-order valence-electron chi connectivity index (χ0n) is 16.6. The molecule has 0 radical (unpaired) electrons. The molecule has 1 amide bonds. The lowest BCUT2D eigenvalue weighted by Crippen LogP contribution is -2.40. The van der Waals surface area contributed by atoms with Crippen molar-refractivity contribution >= 4 is 17.2 Å². The van der Waals surface area contributed by atoms with E-state index in [9.17, 15) is 4.79 Å². The predicted octanol–water partition coefficient (Wildman–Crippen LogP) is 4.68. The molecule has 1 aliphatic heterocycles. The van der Waals surface area contributed by atoms with Crippen LogP contribution in [0.1, 0.15) is 39.3 Å². The first-order valence-corrected chi connectivity index (χ1v) is 11.0. The Morgan fingerprint density at radius 1 is 1.10 bits per heavy atom. The van der Waals surface area contributed by atoms with Crippen molar-refractivity contribution in [2.75, 3.05) is 19.7 Å². The topological polar surface area (TPSA) is 41.6 Å². The third kappa shape index (κ3) is 4.69. The molecule has 4 rings (SSSR count). The molecule has 29 heavy (non-hydrogen) atoms. The maximum Gasteiger partial charge on any atom is 0.251 e. The highest BCUT2D eigenvalue weighted by Gasteiger charge is 2.26. The zero-order chi connectivity index (χ0) is 20.1. The zero-order valence-corrected chi connectivity index (χ0v) is 17.5. The van der Waals surface area contributed by atoms with Crippen LogP contribution >= 0.6 is 11.3 Å². The fourth-order valence-corrected chi connectivity index (χ4v) is 4.70. The Hall–Kier alpha value is -2.63. The maximum absolute atomic E-state index is 12.7. The Balaban J connectivity index is 1.45. The first-order valence-electron chi connectivity index (χ1n) is 10.1. The van der Waals surface area contributed by atoms with E-state index < -0.39 is 0 Å². The van der Waals surface area contributed by atoms with E-state index in [0.29, 0.717) is 18.7 Å². The van der Waals surface area contributed by atoms with Gasteiger partial charge in [-0.2, -0.15) is 0 Å². The van der Waals surface area contributed by atoms with Crippen molar-refractivity contribution in [1.29, 1.82) is 0 Å². The molecule has 5 heteroatoms. The van der Waals surface area contributed by atoms with Gasteiger partial charge in [-0.1, -0.05) is 30.3 Å². The molecule has 0 bridgehead atoms. The van der Waals surface area contributed by atoms with Gasteiger partial charge in [-0.25, -0.2) is 0 Å². The summed E-state index contributed by atoms with van der Waals surface area (Å²) in [6.07, 6.45) is 1.05. The minimum absolute atomic E-state index is 0.0491. The second-order valence-corrected chi connectivity index (χ2v) is 8.17. The second kappa shape index (κ2) is 9.25. The van der Waals surface area contributed by atoms with E-state index >= 15 is 0 Å². The molecule has 0 spiro atoms. The third-order valence-corrected chi connectivity index (χ3v) is 6.33. The lowest BCUT2D eigenvalue weighted by atomic mass is 9.98. The smallest absolute Gasteiger partial charge is 0.251 e. The van der Waals surface area contributed by atoms with Gasteiger partial charge in [0.2, 0.25) is 0 Å². The standard InChI is InChI=1S/C24H26N2O2S/c1-2-28-21-11-9-19(10-12-21)24(27)25-16-22(23-8-5-15-29-23)26-14-13-18-6-3-4-7-20(18)17-26/h3-12,15,22H,2,13-14,16-17H2,1H3,(H,25,27)/t22-/m0/s1. The molecule has 1 N–H and O–H groups in total. The summed E-state index contributed by atoms with van der Waals surface area (Å²) in [6, 6.07) is 20.4. The first-order chi connectivity index (χ1) is 14.2. The van der Waals surface area contributed by atoms with Crippen molar-refractivity contribution in [2.24, 2.45) is 0 Å². The van der Waals surface area contributed by atoms with Crippen LogP contribution in [0.3, 0.4) is 0 Å². The van der Waals surface area contributed by atoms with E-state index in [1.165, 1.54) is 16.0 Å². The molecule has 1 aliphatic rings. The number of fused-ring (bicyclic) bond motifs is 1. The van der Waals surface area contributed by atoms with E-state index in [1.54, 1.807) is 11.3 Å². The van der Waals surface area contributed by atoms with Gasteiger partial charge in [0.1, 0.15) is 5.75 Å². The fourth-order valence-electron chi connectivity index (χ4n) is 3.83. The minimum atomic E-state index is -0.0491. The number of hydrogen-bond acceptors (Lipinski definition) is 4. The molecule has 1 atom stereocenters. The van der Waals surface area contributed by atoms with Crippen molar-refractivity contribution in [3.63, 3.8) is 0 Å². The van der Waals surface area contributed by atoms with Crippen LogP contribution in [0.4, 0.5) is 0 Å². The highest BCUT2D eigenvalue weighted by molar-refractivity contribution is 7.10. The molecule has 4 nitrogen and oxygen atoms in total. The molecular weight excluding hydrogens is 380 g/mol. The van der Waals surface area contributed by atoms with Crippen LogP contribution in [0, 0.1) is 0 Å². The van der Waals surface area contributed by atoms with E-state index in [1.807, 2.05) is 31.2 Å². The van der Waals surface area contributed by atoms with Crippen LogP contribution in [-0.2, 0) is 13.0 Å². The molecule has 0 aliphatic carbocycles. The van der Waals surface area contributed by atoms with E-state index in [2.05, 4.69) is 52.0 Å². The summed E-state index contributed by atoms with van der Waals surface area (Å²) < 4.78 is 5.46. The first kappa shape index (κ1) is 19.7. The van der Waals surface area contributed by atoms with Gasteiger partial charge in [0.05, 0.1) is 12.6 Å². The predicted molar refractivity (Wildman–Crippen MR) is 118 cm³/mol. The summed E-state index contributed by atoms with van der Waals surface area (Å²) in [5.41, 5.74) is 3.48. The molecule has 0 saturated heterocycles. The van der Waals surface area contributed by atoms with E-state index in [-0.39, 0.29) is 11.9 Å². The van der Waals surface area contributed by atoms with Gasteiger partial charge in [-0.15, -0.1) is 11.3 Å². The molecule has 0 unspecified atom stereocenters. The summed E-state index contributed by atoms with van der Waals surface area (Å²) in [5, 5.41) is 5.25. The SMILES string of the molecule is CCOc1ccc(C(=O)NC[C@@H](c2cccs2)N2CCc3ccccc3C2)cc1. The Morgan fingerprint density at radius 3 is 2.62 bits per heavy atom. The highest BCUT2D eigenvalue weighted by Crippen LogP contribution is 2.30. The molecule has 150 valence electrons. The summed E-state index contributed by atoms with van der Waals surface area (Å²) in [7, 11) is 0. The fraction of sp³-hybridized carbons (Fsp3) is 0.292. The Labute approximate surface area is 176 Å². The second-order valence-electron chi connectivity index (χ2n) is 7.19. The monoisotopic (exact) mass is 406 g/mol. The van der Waals surface area contributed by atoms with Gasteiger partial charge in [0, 0.05) is 30.1 Å². The molecule has 2 aromatic carbocycles. The van der Waals surface area contributed by atoms with E-state index in [0.717, 1.165) is 25.3 Å². The number of carbonyl (C=O) groups is 1. The quantitative estimate of drug-likeness (QED) is 0.620. The van der Waals surface area contributed by atoms with Crippen LogP contribution < -0.4 is 10.1 Å². The van der Waals surface area contributed by atoms with Gasteiger partial charge in [0.15, 0.2) is 0 Å². The van der Waals surface area contributed by atoms with Crippen molar-refractivity contribution in [3.05, 3.63) is 87.6 Å². The lowest BCUT2D eigenvalue weighted by Gasteiger charge is -2.35. The van der Waals surface area contributed by atoms with Gasteiger partial charge in [-0.05, 0) is 60.2 Å². The summed E-state index contributed by atoms with van der Waals surface area (Å²) >= 11 is 1.75. The Bertz CT molecular complexity index is 938. The number of nitrogens with zero attached hydrogens (tertiary/aromatic N) is 1. The van der Waals surface area contributed by atoms with Gasteiger partial charge in [-0.3, -0.25) is 9.69 Å². The number of nitrogens with one attached hydrogen (secondary N) is 1. The Kier molecular flexibility index (Phi) is 6.27. The number of amides is 1. The van der Waals surface area contributed by atoms with Crippen molar-refractivity contribution in [1.82, 2.24) is 10.2 Å². The van der Waals surface area contributed by atoms with Crippen molar-refractivity contribution < 1.29 is 9.53 Å². The van der Waals surface area contributed by atoms with Crippen LogP contribution in [0.2, 0.25) is 0 Å². The average molecular weight is 407 g/mol. The molecular formula is C24H26N2O2S. The van der Waals surface area contributed by atoms with Gasteiger partial charge < -0.3 is 10.1 Å². The van der Waals surface area contributed by atoms with Crippen LogP contribution in [0.5, 0.6) is 5.75 Å². The maximum atomic E-state index is 12.7. The highest BCUT2D eigenvalue weighted by atomic mass is 32.1. The molecule has 1 aromatic heterocycles. The number of ether oxygens (including phenoxy) is 1. The summed E-state index contributed by atoms with van der Waals surface area (Å²) in [4.78, 5) is 16.5.